The fourth-order valence-electron chi connectivity index (χ4n) is 2.99. The Morgan fingerprint density at radius 1 is 0.931 bits per heavy atom. The Morgan fingerprint density at radius 2 is 1.52 bits per heavy atom. The molecule has 162 valence electrons. The van der Waals surface area contributed by atoms with Crippen LogP contribution in [0.5, 0.6) is 0 Å². The summed E-state index contributed by atoms with van der Waals surface area (Å²) in [4.78, 5) is 24.7. The van der Waals surface area contributed by atoms with Crippen molar-refractivity contribution in [3.05, 3.63) is 29.8 Å². The molecular formula is C23H37N3O3. The number of hydrogen-bond acceptors (Lipinski definition) is 4. The molecule has 1 amide bonds. The highest BCUT2D eigenvalue weighted by Gasteiger charge is 2.05. The van der Waals surface area contributed by atoms with Crippen LogP contribution in [0.1, 0.15) is 83.6 Å². The topological polar surface area (TPSA) is 82.0 Å². The molecule has 1 aromatic carbocycles. The van der Waals surface area contributed by atoms with Gasteiger partial charge in [-0.2, -0.15) is 5.10 Å². The minimum Gasteiger partial charge on any atom is -0.481 e. The van der Waals surface area contributed by atoms with Crippen molar-refractivity contribution in [2.24, 2.45) is 5.10 Å². The maximum Gasteiger partial charge on any atom is 0.303 e. The summed E-state index contributed by atoms with van der Waals surface area (Å²) in [5.74, 6) is -0.874. The number of carbonyl (C=O) groups excluding carboxylic acids is 1. The SMILES string of the molecule is CCCCN(CCCC)c1ccc(/C=N/NC(=O)CCCCCCC(=O)O)cc1. The monoisotopic (exact) mass is 403 g/mol. The van der Waals surface area contributed by atoms with Crippen molar-refractivity contribution in [3.63, 3.8) is 0 Å². The number of amides is 1. The number of rotatable bonds is 16. The zero-order chi connectivity index (χ0) is 21.3. The van der Waals surface area contributed by atoms with Crippen molar-refractivity contribution in [3.8, 4) is 0 Å². The summed E-state index contributed by atoms with van der Waals surface area (Å²) in [6, 6.07) is 8.29. The predicted molar refractivity (Wildman–Crippen MR) is 120 cm³/mol. The standard InChI is InChI=1S/C23H37N3O3/c1-3-5-17-26(18-6-4-2)21-15-13-20(14-16-21)19-24-25-22(27)11-9-7-8-10-12-23(28)29/h13-16,19H,3-12,17-18H2,1-2H3,(H,25,27)(H,28,29)/b24-19+. The van der Waals surface area contributed by atoms with E-state index in [4.69, 9.17) is 5.11 Å². The van der Waals surface area contributed by atoms with Gasteiger partial charge in [0, 0.05) is 31.6 Å². The number of nitrogens with one attached hydrogen (secondary N) is 1. The van der Waals surface area contributed by atoms with Crippen LogP contribution in [0.25, 0.3) is 0 Å². The van der Waals surface area contributed by atoms with E-state index in [-0.39, 0.29) is 12.3 Å². The van der Waals surface area contributed by atoms with E-state index in [9.17, 15) is 9.59 Å². The molecule has 0 bridgehead atoms. The highest BCUT2D eigenvalue weighted by Crippen LogP contribution is 2.16. The second kappa shape index (κ2) is 15.5. The lowest BCUT2D eigenvalue weighted by atomic mass is 10.1. The van der Waals surface area contributed by atoms with Gasteiger partial charge in [0.05, 0.1) is 6.21 Å². The van der Waals surface area contributed by atoms with Crippen LogP contribution >= 0.6 is 0 Å². The largest absolute Gasteiger partial charge is 0.481 e. The molecule has 0 aromatic heterocycles. The number of hydrogen-bond donors (Lipinski definition) is 2. The van der Waals surface area contributed by atoms with Gasteiger partial charge in [-0.25, -0.2) is 5.43 Å². The van der Waals surface area contributed by atoms with Crippen LogP contribution < -0.4 is 10.3 Å². The summed E-state index contributed by atoms with van der Waals surface area (Å²) in [6.07, 6.45) is 10.2. The van der Waals surface area contributed by atoms with E-state index in [0.717, 1.165) is 37.9 Å². The highest BCUT2D eigenvalue weighted by molar-refractivity contribution is 5.82. The highest BCUT2D eigenvalue weighted by atomic mass is 16.4. The van der Waals surface area contributed by atoms with Gasteiger partial charge in [0.15, 0.2) is 0 Å². The second-order valence-corrected chi connectivity index (χ2v) is 7.39. The van der Waals surface area contributed by atoms with E-state index in [0.29, 0.717) is 12.8 Å². The number of carboxylic acid groups (broad SMARTS) is 1. The molecule has 6 nitrogen and oxygen atoms in total. The van der Waals surface area contributed by atoms with E-state index in [2.05, 4.69) is 41.4 Å². The minimum atomic E-state index is -0.764. The van der Waals surface area contributed by atoms with Crippen molar-refractivity contribution in [2.75, 3.05) is 18.0 Å². The van der Waals surface area contributed by atoms with Gasteiger partial charge in [-0.15, -0.1) is 0 Å². The fourth-order valence-corrected chi connectivity index (χ4v) is 2.99. The maximum absolute atomic E-state index is 11.8. The first-order valence-electron chi connectivity index (χ1n) is 11.0. The summed E-state index contributed by atoms with van der Waals surface area (Å²) < 4.78 is 0. The van der Waals surface area contributed by atoms with Gasteiger partial charge < -0.3 is 10.0 Å². The summed E-state index contributed by atoms with van der Waals surface area (Å²) in [7, 11) is 0. The van der Waals surface area contributed by atoms with Gasteiger partial charge in [0.2, 0.25) is 5.91 Å². The molecule has 29 heavy (non-hydrogen) atoms. The zero-order valence-corrected chi connectivity index (χ0v) is 18.0. The molecule has 0 aliphatic carbocycles. The van der Waals surface area contributed by atoms with Crippen LogP contribution in [0.2, 0.25) is 0 Å². The first-order chi connectivity index (χ1) is 14.1. The van der Waals surface area contributed by atoms with Gasteiger partial charge >= 0.3 is 5.97 Å². The Balaban J connectivity index is 2.36. The van der Waals surface area contributed by atoms with Crippen LogP contribution in [0.3, 0.4) is 0 Å². The van der Waals surface area contributed by atoms with Crippen LogP contribution in [0, 0.1) is 0 Å². The normalized spacial score (nSPS) is 11.0. The molecule has 0 fully saturated rings. The van der Waals surface area contributed by atoms with E-state index < -0.39 is 5.97 Å². The van der Waals surface area contributed by atoms with Crippen molar-refractivity contribution in [1.29, 1.82) is 0 Å². The first-order valence-corrected chi connectivity index (χ1v) is 11.0. The molecule has 0 radical (unpaired) electrons. The fraction of sp³-hybridized carbons (Fsp3) is 0.609. The summed E-state index contributed by atoms with van der Waals surface area (Å²) >= 11 is 0. The number of carboxylic acids is 1. The Hall–Kier alpha value is -2.37. The Bertz CT molecular complexity index is 606. The number of nitrogens with zero attached hydrogens (tertiary/aromatic N) is 2. The molecular weight excluding hydrogens is 366 g/mol. The first kappa shape index (κ1) is 24.7. The van der Waals surface area contributed by atoms with Crippen LogP contribution in [0.15, 0.2) is 29.4 Å². The van der Waals surface area contributed by atoms with Crippen LogP contribution in [-0.2, 0) is 9.59 Å². The minimum absolute atomic E-state index is 0.110. The van der Waals surface area contributed by atoms with Crippen LogP contribution in [0.4, 0.5) is 5.69 Å². The summed E-state index contributed by atoms with van der Waals surface area (Å²) in [5.41, 5.74) is 4.74. The van der Waals surface area contributed by atoms with Crippen molar-refractivity contribution >= 4 is 23.8 Å². The van der Waals surface area contributed by atoms with E-state index in [1.807, 2.05) is 12.1 Å². The zero-order valence-electron chi connectivity index (χ0n) is 18.0. The van der Waals surface area contributed by atoms with Gasteiger partial charge in [-0.05, 0) is 43.4 Å². The number of unbranched alkanes of at least 4 members (excludes halogenated alkanes) is 5. The van der Waals surface area contributed by atoms with Gasteiger partial charge in [-0.3, -0.25) is 9.59 Å². The molecule has 0 spiro atoms. The van der Waals surface area contributed by atoms with Crippen molar-refractivity contribution < 1.29 is 14.7 Å². The quantitative estimate of drug-likeness (QED) is 0.232. The van der Waals surface area contributed by atoms with Crippen LogP contribution in [-0.4, -0.2) is 36.3 Å². The average Bonchev–Trinajstić information content (AvgIpc) is 2.71. The van der Waals surface area contributed by atoms with E-state index >= 15 is 0 Å². The van der Waals surface area contributed by atoms with Gasteiger partial charge in [-0.1, -0.05) is 51.7 Å². The molecule has 0 atom stereocenters. The predicted octanol–water partition coefficient (Wildman–Crippen LogP) is 4.97. The van der Waals surface area contributed by atoms with Crippen molar-refractivity contribution in [1.82, 2.24) is 5.43 Å². The Labute approximate surface area is 175 Å². The summed E-state index contributed by atoms with van der Waals surface area (Å²) in [5, 5.41) is 12.6. The number of carbonyl (C=O) groups is 2. The molecule has 0 saturated heterocycles. The van der Waals surface area contributed by atoms with Crippen molar-refractivity contribution in [2.45, 2.75) is 78.1 Å². The molecule has 2 N–H and O–H groups in total. The van der Waals surface area contributed by atoms with E-state index in [1.165, 1.54) is 31.4 Å². The molecule has 1 aromatic rings. The lowest BCUT2D eigenvalue weighted by Crippen LogP contribution is -2.25. The summed E-state index contributed by atoms with van der Waals surface area (Å²) in [6.45, 7) is 6.59. The smallest absolute Gasteiger partial charge is 0.303 e. The molecule has 0 aliphatic heterocycles. The number of anilines is 1. The molecule has 6 heteroatoms. The number of benzene rings is 1. The second-order valence-electron chi connectivity index (χ2n) is 7.39. The number of aliphatic carboxylic acids is 1. The molecule has 1 rings (SSSR count). The molecule has 0 saturated carbocycles. The average molecular weight is 404 g/mol. The third kappa shape index (κ3) is 11.9. The number of hydrazone groups is 1. The Kier molecular flexibility index (Phi) is 13.2. The molecule has 0 aliphatic rings. The maximum atomic E-state index is 11.8. The molecule has 0 heterocycles. The lowest BCUT2D eigenvalue weighted by Gasteiger charge is -2.24. The van der Waals surface area contributed by atoms with Gasteiger partial charge in [0.25, 0.3) is 0 Å². The molecule has 0 unspecified atom stereocenters. The van der Waals surface area contributed by atoms with E-state index in [1.54, 1.807) is 6.21 Å². The third-order valence-electron chi connectivity index (χ3n) is 4.77. The van der Waals surface area contributed by atoms with Gasteiger partial charge in [0.1, 0.15) is 0 Å². The lowest BCUT2D eigenvalue weighted by molar-refractivity contribution is -0.137. The third-order valence-corrected chi connectivity index (χ3v) is 4.77. The Morgan fingerprint density at radius 3 is 2.07 bits per heavy atom.